The number of hydrogen-bond acceptors (Lipinski definition) is 4. The Morgan fingerprint density at radius 1 is 1.07 bits per heavy atom. The van der Waals surface area contributed by atoms with Crippen LogP contribution >= 0.6 is 11.8 Å². The van der Waals surface area contributed by atoms with Crippen LogP contribution in [0.3, 0.4) is 0 Å². The molecule has 4 rings (SSSR count). The van der Waals surface area contributed by atoms with Crippen LogP contribution in [-0.2, 0) is 11.8 Å². The highest BCUT2D eigenvalue weighted by atomic mass is 32.2. The van der Waals surface area contributed by atoms with Crippen LogP contribution in [-0.4, -0.2) is 31.0 Å². The number of nitrogens with zero attached hydrogens (tertiary/aromatic N) is 4. The van der Waals surface area contributed by atoms with Crippen LogP contribution in [0.25, 0.3) is 16.9 Å². The van der Waals surface area contributed by atoms with E-state index in [9.17, 15) is 4.79 Å². The number of amides is 1. The molecule has 28 heavy (non-hydrogen) atoms. The molecule has 0 fully saturated rings. The summed E-state index contributed by atoms with van der Waals surface area (Å²) in [5, 5.41) is 8.49. The molecule has 140 valence electrons. The first-order valence-electron chi connectivity index (χ1n) is 8.81. The van der Waals surface area contributed by atoms with Gasteiger partial charge in [-0.05, 0) is 12.1 Å². The lowest BCUT2D eigenvalue weighted by Gasteiger charge is -2.08. The molecule has 0 aliphatic heterocycles. The number of hydrogen-bond donors (Lipinski definition) is 1. The summed E-state index contributed by atoms with van der Waals surface area (Å²) in [5.41, 5.74) is 2.68. The van der Waals surface area contributed by atoms with E-state index in [1.54, 1.807) is 10.9 Å². The van der Waals surface area contributed by atoms with Gasteiger partial charge in [0.2, 0.25) is 5.91 Å². The van der Waals surface area contributed by atoms with Crippen LogP contribution in [0.5, 0.6) is 0 Å². The second-order valence-corrected chi connectivity index (χ2v) is 7.13. The van der Waals surface area contributed by atoms with E-state index in [1.807, 2.05) is 84.5 Å². The fourth-order valence-corrected chi connectivity index (χ4v) is 3.52. The van der Waals surface area contributed by atoms with E-state index in [0.29, 0.717) is 5.82 Å². The molecule has 0 saturated heterocycles. The van der Waals surface area contributed by atoms with Crippen molar-refractivity contribution in [3.05, 3.63) is 79.1 Å². The molecule has 0 atom stereocenters. The van der Waals surface area contributed by atoms with Gasteiger partial charge in [-0.3, -0.25) is 4.79 Å². The van der Waals surface area contributed by atoms with E-state index in [4.69, 9.17) is 5.10 Å². The van der Waals surface area contributed by atoms with Crippen molar-refractivity contribution in [3.8, 4) is 16.9 Å². The maximum Gasteiger partial charge on any atom is 0.236 e. The third kappa shape index (κ3) is 3.99. The largest absolute Gasteiger partial charge is 0.329 e. The number of rotatable bonds is 6. The van der Waals surface area contributed by atoms with Gasteiger partial charge in [-0.1, -0.05) is 60.3 Å². The summed E-state index contributed by atoms with van der Waals surface area (Å²) in [6.45, 7) is 0. The van der Waals surface area contributed by atoms with Gasteiger partial charge in [-0.25, -0.2) is 9.67 Å². The van der Waals surface area contributed by atoms with Gasteiger partial charge < -0.3 is 9.88 Å². The van der Waals surface area contributed by atoms with E-state index in [2.05, 4.69) is 10.3 Å². The fraction of sp³-hybridized carbons (Fsp3) is 0.0952. The second kappa shape index (κ2) is 8.14. The summed E-state index contributed by atoms with van der Waals surface area (Å²) in [5.74, 6) is 0.797. The molecule has 0 unspecified atom stereocenters. The van der Waals surface area contributed by atoms with Gasteiger partial charge in [-0.2, -0.15) is 5.10 Å². The van der Waals surface area contributed by atoms with Crippen molar-refractivity contribution in [1.29, 1.82) is 0 Å². The van der Waals surface area contributed by atoms with Crippen LogP contribution in [0.15, 0.2) is 84.3 Å². The van der Waals surface area contributed by atoms with Gasteiger partial charge in [0, 0.05) is 31.1 Å². The van der Waals surface area contributed by atoms with Crippen LogP contribution in [0.4, 0.5) is 5.82 Å². The molecule has 1 amide bonds. The van der Waals surface area contributed by atoms with E-state index < -0.39 is 0 Å². The van der Waals surface area contributed by atoms with Crippen LogP contribution in [0, 0.1) is 0 Å². The minimum atomic E-state index is -0.107. The molecule has 0 bridgehead atoms. The van der Waals surface area contributed by atoms with Crippen molar-refractivity contribution in [2.75, 3.05) is 11.1 Å². The lowest BCUT2D eigenvalue weighted by molar-refractivity contribution is -0.113. The molecule has 0 radical (unpaired) electrons. The van der Waals surface area contributed by atoms with Crippen LogP contribution < -0.4 is 5.32 Å². The molecule has 7 heteroatoms. The Labute approximate surface area is 167 Å². The average Bonchev–Trinajstić information content (AvgIpc) is 3.34. The summed E-state index contributed by atoms with van der Waals surface area (Å²) in [7, 11) is 1.91. The average molecular weight is 389 g/mol. The highest BCUT2D eigenvalue weighted by Crippen LogP contribution is 2.25. The minimum absolute atomic E-state index is 0.107. The number of nitrogens with one attached hydrogen (secondary N) is 1. The van der Waals surface area contributed by atoms with Crippen molar-refractivity contribution < 1.29 is 4.79 Å². The van der Waals surface area contributed by atoms with Crippen molar-refractivity contribution in [1.82, 2.24) is 19.3 Å². The number of aromatic nitrogens is 4. The highest BCUT2D eigenvalue weighted by molar-refractivity contribution is 7.99. The molecular weight excluding hydrogens is 370 g/mol. The Bertz CT molecular complexity index is 1070. The molecule has 0 spiro atoms. The molecule has 1 N–H and O–H groups in total. The Morgan fingerprint density at radius 2 is 1.79 bits per heavy atom. The monoisotopic (exact) mass is 389 g/mol. The Hall–Kier alpha value is -3.32. The summed E-state index contributed by atoms with van der Waals surface area (Å²) in [6, 6.07) is 21.6. The van der Waals surface area contributed by atoms with Crippen LogP contribution in [0.2, 0.25) is 0 Å². The quantitative estimate of drug-likeness (QED) is 0.506. The summed E-state index contributed by atoms with van der Waals surface area (Å²) in [4.78, 5) is 16.8. The molecular formula is C21H19N5OS. The highest BCUT2D eigenvalue weighted by Gasteiger charge is 2.14. The first-order chi connectivity index (χ1) is 13.7. The lowest BCUT2D eigenvalue weighted by Crippen LogP contribution is -2.17. The zero-order valence-corrected chi connectivity index (χ0v) is 16.1. The SMILES string of the molecule is Cn1ccnc1SCC(=O)Nc1cc(-c2ccccc2)nn1-c1ccccc1. The number of thioether (sulfide) groups is 1. The summed E-state index contributed by atoms with van der Waals surface area (Å²) >= 11 is 1.40. The molecule has 0 aliphatic rings. The van der Waals surface area contributed by atoms with Crippen molar-refractivity contribution >= 4 is 23.5 Å². The number of benzene rings is 2. The first kappa shape index (κ1) is 18.1. The van der Waals surface area contributed by atoms with Crippen molar-refractivity contribution in [2.24, 2.45) is 7.05 Å². The maximum absolute atomic E-state index is 12.5. The second-order valence-electron chi connectivity index (χ2n) is 6.19. The molecule has 2 aromatic heterocycles. The zero-order valence-electron chi connectivity index (χ0n) is 15.3. The number of carbonyl (C=O) groups is 1. The van der Waals surface area contributed by atoms with Gasteiger partial charge in [-0.15, -0.1) is 0 Å². The van der Waals surface area contributed by atoms with Gasteiger partial charge >= 0.3 is 0 Å². The first-order valence-corrected chi connectivity index (χ1v) is 9.80. The smallest absolute Gasteiger partial charge is 0.236 e. The molecule has 6 nitrogen and oxygen atoms in total. The third-order valence-corrected chi connectivity index (χ3v) is 5.21. The van der Waals surface area contributed by atoms with E-state index in [-0.39, 0.29) is 11.7 Å². The normalized spacial score (nSPS) is 10.8. The Kier molecular flexibility index (Phi) is 5.25. The predicted octanol–water partition coefficient (Wildman–Crippen LogP) is 4.00. The lowest BCUT2D eigenvalue weighted by atomic mass is 10.2. The standard InChI is InChI=1S/C21H19N5OS/c1-25-13-12-22-21(25)28-15-20(27)23-19-14-18(16-8-4-2-5-9-16)24-26(19)17-10-6-3-7-11-17/h2-14H,15H2,1H3,(H,23,27). The number of carbonyl (C=O) groups excluding carboxylic acids is 1. The van der Waals surface area contributed by atoms with E-state index in [0.717, 1.165) is 22.1 Å². The molecule has 0 aliphatic carbocycles. The van der Waals surface area contributed by atoms with Gasteiger partial charge in [0.1, 0.15) is 5.82 Å². The molecule has 2 aromatic carbocycles. The number of para-hydroxylation sites is 1. The molecule has 2 heterocycles. The van der Waals surface area contributed by atoms with Crippen molar-refractivity contribution in [3.63, 3.8) is 0 Å². The Morgan fingerprint density at radius 3 is 2.46 bits per heavy atom. The summed E-state index contributed by atoms with van der Waals surface area (Å²) in [6.07, 6.45) is 3.58. The van der Waals surface area contributed by atoms with Gasteiger partial charge in [0.15, 0.2) is 5.16 Å². The molecule has 0 saturated carbocycles. The Balaban J connectivity index is 1.58. The summed E-state index contributed by atoms with van der Waals surface area (Å²) < 4.78 is 3.64. The molecule has 4 aromatic rings. The van der Waals surface area contributed by atoms with Crippen molar-refractivity contribution in [2.45, 2.75) is 5.16 Å². The zero-order chi connectivity index (χ0) is 19.3. The predicted molar refractivity (Wildman–Crippen MR) is 112 cm³/mol. The van der Waals surface area contributed by atoms with E-state index in [1.165, 1.54) is 11.8 Å². The topological polar surface area (TPSA) is 64.7 Å². The van der Waals surface area contributed by atoms with Crippen LogP contribution in [0.1, 0.15) is 0 Å². The third-order valence-electron chi connectivity index (χ3n) is 4.16. The number of imidazole rings is 1. The number of aryl methyl sites for hydroxylation is 1. The maximum atomic E-state index is 12.5. The minimum Gasteiger partial charge on any atom is -0.329 e. The van der Waals surface area contributed by atoms with E-state index >= 15 is 0 Å². The number of anilines is 1. The fourth-order valence-electron chi connectivity index (χ4n) is 2.79. The van der Waals surface area contributed by atoms with Gasteiger partial charge in [0.05, 0.1) is 17.1 Å². The van der Waals surface area contributed by atoms with Gasteiger partial charge in [0.25, 0.3) is 0 Å².